The summed E-state index contributed by atoms with van der Waals surface area (Å²) in [6.07, 6.45) is 2.70. The van der Waals surface area contributed by atoms with Crippen molar-refractivity contribution in [3.63, 3.8) is 0 Å². The van der Waals surface area contributed by atoms with Crippen LogP contribution < -0.4 is 15.4 Å². The molecule has 1 aromatic carbocycles. The van der Waals surface area contributed by atoms with Crippen LogP contribution in [0.25, 0.3) is 0 Å². The summed E-state index contributed by atoms with van der Waals surface area (Å²) in [4.78, 5) is 4.63. The first-order valence-corrected chi connectivity index (χ1v) is 7.38. The Balaban J connectivity index is 1.94. The third-order valence-electron chi connectivity index (χ3n) is 3.48. The predicted octanol–water partition coefficient (Wildman–Crippen LogP) is 2.47. The van der Waals surface area contributed by atoms with E-state index >= 15 is 0 Å². The van der Waals surface area contributed by atoms with Crippen molar-refractivity contribution in [1.29, 1.82) is 0 Å². The Morgan fingerprint density at radius 3 is 2.75 bits per heavy atom. The van der Waals surface area contributed by atoms with Gasteiger partial charge in [0, 0.05) is 13.1 Å². The number of ether oxygens (including phenoxy) is 1. The van der Waals surface area contributed by atoms with Gasteiger partial charge >= 0.3 is 0 Å². The summed E-state index contributed by atoms with van der Waals surface area (Å²) in [6.45, 7) is 6.75. The SMILES string of the molecule is CCNC(=NCc1ccc(OC)c(C)c1)NCC1CC1. The zero-order valence-corrected chi connectivity index (χ0v) is 12.7. The average Bonchev–Trinajstić information content (AvgIpc) is 3.26. The Morgan fingerprint density at radius 1 is 1.35 bits per heavy atom. The predicted molar refractivity (Wildman–Crippen MR) is 83.3 cm³/mol. The summed E-state index contributed by atoms with van der Waals surface area (Å²) >= 11 is 0. The van der Waals surface area contributed by atoms with Gasteiger partial charge in [-0.1, -0.05) is 12.1 Å². The fourth-order valence-corrected chi connectivity index (χ4v) is 2.11. The maximum atomic E-state index is 5.28. The Bertz CT molecular complexity index is 467. The van der Waals surface area contributed by atoms with Gasteiger partial charge in [0.1, 0.15) is 5.75 Å². The smallest absolute Gasteiger partial charge is 0.191 e. The highest BCUT2D eigenvalue weighted by atomic mass is 16.5. The van der Waals surface area contributed by atoms with Crippen LogP contribution >= 0.6 is 0 Å². The fraction of sp³-hybridized carbons (Fsp3) is 0.562. The third kappa shape index (κ3) is 4.44. The molecule has 110 valence electrons. The molecule has 0 unspecified atom stereocenters. The number of benzene rings is 1. The van der Waals surface area contributed by atoms with Crippen molar-refractivity contribution < 1.29 is 4.74 Å². The molecule has 20 heavy (non-hydrogen) atoms. The molecule has 4 nitrogen and oxygen atoms in total. The van der Waals surface area contributed by atoms with E-state index in [2.05, 4.69) is 41.6 Å². The minimum atomic E-state index is 0.685. The number of nitrogens with zero attached hydrogens (tertiary/aromatic N) is 1. The molecule has 0 heterocycles. The van der Waals surface area contributed by atoms with Crippen LogP contribution in [-0.2, 0) is 6.54 Å². The van der Waals surface area contributed by atoms with E-state index in [1.165, 1.54) is 18.4 Å². The second kappa shape index (κ2) is 7.17. The lowest BCUT2D eigenvalue weighted by atomic mass is 10.1. The standard InChI is InChI=1S/C16H25N3O/c1-4-17-16(18-10-13-5-6-13)19-11-14-7-8-15(20-3)12(2)9-14/h7-9,13H,4-6,10-11H2,1-3H3,(H2,17,18,19). The van der Waals surface area contributed by atoms with Gasteiger partial charge in [0.2, 0.25) is 0 Å². The Hall–Kier alpha value is -1.71. The number of hydrogen-bond donors (Lipinski definition) is 2. The number of aliphatic imine (C=N–C) groups is 1. The normalized spacial score (nSPS) is 15.1. The lowest BCUT2D eigenvalue weighted by Gasteiger charge is -2.11. The lowest BCUT2D eigenvalue weighted by Crippen LogP contribution is -2.38. The van der Waals surface area contributed by atoms with Crippen LogP contribution in [0.1, 0.15) is 30.9 Å². The van der Waals surface area contributed by atoms with E-state index in [1.807, 2.05) is 6.07 Å². The van der Waals surface area contributed by atoms with Crippen molar-refractivity contribution in [2.75, 3.05) is 20.2 Å². The molecular weight excluding hydrogens is 250 g/mol. The molecule has 1 saturated carbocycles. The molecule has 0 bridgehead atoms. The zero-order chi connectivity index (χ0) is 14.4. The van der Waals surface area contributed by atoms with Gasteiger partial charge in [0.25, 0.3) is 0 Å². The molecule has 0 atom stereocenters. The van der Waals surface area contributed by atoms with Gasteiger partial charge in [0.05, 0.1) is 13.7 Å². The van der Waals surface area contributed by atoms with Crippen molar-refractivity contribution >= 4 is 5.96 Å². The highest BCUT2D eigenvalue weighted by Crippen LogP contribution is 2.27. The first kappa shape index (κ1) is 14.7. The number of guanidine groups is 1. The zero-order valence-electron chi connectivity index (χ0n) is 12.7. The van der Waals surface area contributed by atoms with Gasteiger partial charge in [-0.05, 0) is 49.8 Å². The molecule has 4 heteroatoms. The first-order valence-electron chi connectivity index (χ1n) is 7.38. The van der Waals surface area contributed by atoms with Gasteiger partial charge in [-0.15, -0.1) is 0 Å². The second-order valence-electron chi connectivity index (χ2n) is 5.32. The average molecular weight is 275 g/mol. The van der Waals surface area contributed by atoms with E-state index in [9.17, 15) is 0 Å². The monoisotopic (exact) mass is 275 g/mol. The summed E-state index contributed by atoms with van der Waals surface area (Å²) in [5.74, 6) is 2.69. The van der Waals surface area contributed by atoms with E-state index in [0.717, 1.165) is 36.3 Å². The second-order valence-corrected chi connectivity index (χ2v) is 5.32. The first-order chi connectivity index (χ1) is 9.72. The molecule has 0 radical (unpaired) electrons. The van der Waals surface area contributed by atoms with E-state index in [-0.39, 0.29) is 0 Å². The number of rotatable bonds is 6. The van der Waals surface area contributed by atoms with Crippen LogP contribution in [0.5, 0.6) is 5.75 Å². The number of hydrogen-bond acceptors (Lipinski definition) is 2. The van der Waals surface area contributed by atoms with Gasteiger partial charge in [0.15, 0.2) is 5.96 Å². The van der Waals surface area contributed by atoms with Crippen molar-refractivity contribution in [2.24, 2.45) is 10.9 Å². The topological polar surface area (TPSA) is 45.7 Å². The highest BCUT2D eigenvalue weighted by molar-refractivity contribution is 5.79. The Morgan fingerprint density at radius 2 is 2.15 bits per heavy atom. The van der Waals surface area contributed by atoms with Crippen molar-refractivity contribution in [3.8, 4) is 5.75 Å². The molecule has 0 spiro atoms. The van der Waals surface area contributed by atoms with Crippen molar-refractivity contribution in [3.05, 3.63) is 29.3 Å². The molecule has 1 aliphatic rings. The highest BCUT2D eigenvalue weighted by Gasteiger charge is 2.20. The van der Waals surface area contributed by atoms with Crippen LogP contribution in [0.4, 0.5) is 0 Å². The summed E-state index contributed by atoms with van der Waals surface area (Å²) in [5, 5.41) is 6.69. The van der Waals surface area contributed by atoms with E-state index in [1.54, 1.807) is 7.11 Å². The van der Waals surface area contributed by atoms with Gasteiger partial charge in [-0.3, -0.25) is 0 Å². The quantitative estimate of drug-likeness (QED) is 0.619. The Kier molecular flexibility index (Phi) is 5.27. The van der Waals surface area contributed by atoms with Crippen LogP contribution in [0.2, 0.25) is 0 Å². The maximum absolute atomic E-state index is 5.28. The lowest BCUT2D eigenvalue weighted by molar-refractivity contribution is 0.411. The van der Waals surface area contributed by atoms with Gasteiger partial charge in [-0.2, -0.15) is 0 Å². The summed E-state index contributed by atoms with van der Waals surface area (Å²) in [6, 6.07) is 6.21. The van der Waals surface area contributed by atoms with E-state index in [0.29, 0.717) is 6.54 Å². The summed E-state index contributed by atoms with van der Waals surface area (Å²) in [5.41, 5.74) is 2.35. The van der Waals surface area contributed by atoms with Crippen molar-refractivity contribution in [2.45, 2.75) is 33.2 Å². The molecule has 1 aromatic rings. The molecule has 1 fully saturated rings. The van der Waals surface area contributed by atoms with Crippen molar-refractivity contribution in [1.82, 2.24) is 10.6 Å². The number of methoxy groups -OCH3 is 1. The molecule has 2 N–H and O–H groups in total. The Labute approximate surface area is 121 Å². The largest absolute Gasteiger partial charge is 0.496 e. The third-order valence-corrected chi connectivity index (χ3v) is 3.48. The van der Waals surface area contributed by atoms with Crippen LogP contribution in [-0.4, -0.2) is 26.2 Å². The van der Waals surface area contributed by atoms with Gasteiger partial charge < -0.3 is 15.4 Å². The fourth-order valence-electron chi connectivity index (χ4n) is 2.11. The maximum Gasteiger partial charge on any atom is 0.191 e. The van der Waals surface area contributed by atoms with Crippen LogP contribution in [0, 0.1) is 12.8 Å². The molecule has 0 aliphatic heterocycles. The number of aryl methyl sites for hydroxylation is 1. The number of nitrogens with one attached hydrogen (secondary N) is 2. The molecule has 0 aromatic heterocycles. The molecule has 0 amide bonds. The minimum Gasteiger partial charge on any atom is -0.496 e. The summed E-state index contributed by atoms with van der Waals surface area (Å²) < 4.78 is 5.28. The molecule has 0 saturated heterocycles. The van der Waals surface area contributed by atoms with Crippen LogP contribution in [0.3, 0.4) is 0 Å². The van der Waals surface area contributed by atoms with E-state index < -0.39 is 0 Å². The van der Waals surface area contributed by atoms with Gasteiger partial charge in [-0.25, -0.2) is 4.99 Å². The molecule has 1 aliphatic carbocycles. The molecular formula is C16H25N3O. The van der Waals surface area contributed by atoms with Crippen LogP contribution in [0.15, 0.2) is 23.2 Å². The molecule has 2 rings (SSSR count). The van der Waals surface area contributed by atoms with E-state index in [4.69, 9.17) is 4.74 Å². The summed E-state index contributed by atoms with van der Waals surface area (Å²) in [7, 11) is 1.70. The minimum absolute atomic E-state index is 0.685.